The molecule has 2 amide bonds. The highest BCUT2D eigenvalue weighted by Gasteiger charge is 2.66. The van der Waals surface area contributed by atoms with Crippen molar-refractivity contribution < 1.29 is 29.0 Å². The lowest BCUT2D eigenvalue weighted by Gasteiger charge is -2.55. The number of benzene rings is 4. The fourth-order valence-corrected chi connectivity index (χ4v) is 9.63. The summed E-state index contributed by atoms with van der Waals surface area (Å²) in [4.78, 5) is 60.0. The Morgan fingerprint density at radius 3 is 2.20 bits per heavy atom. The average molecular weight is 729 g/mol. The molecule has 250 valence electrons. The number of imide groups is 1. The van der Waals surface area contributed by atoms with Crippen molar-refractivity contribution in [2.75, 3.05) is 7.11 Å². The number of Topliss-reactive ketones (excluding diaryl/α,β-unsaturated/α-hetero) is 1. The van der Waals surface area contributed by atoms with E-state index in [4.69, 9.17) is 4.74 Å². The number of halogens is 1. The molecule has 1 heterocycles. The SMILES string of the molecule is COc1cc(Br)cc([C@H]2C3=CC[C@@H]4C(=O)N(Cc5ccccc5)C(=O)[C@@H]4[C@@H]3C[C@H]3C(=O)C(c4ccccc4)=CC(=O)[C@@]23c2ccccc2)c1O. The monoisotopic (exact) mass is 727 g/mol. The molecule has 0 unspecified atom stereocenters. The Hall–Kier alpha value is -5.08. The Labute approximate surface area is 298 Å². The summed E-state index contributed by atoms with van der Waals surface area (Å²) in [5.74, 6) is -4.47. The number of amides is 2. The second kappa shape index (κ2) is 12.4. The lowest BCUT2D eigenvalue weighted by molar-refractivity contribution is -0.141. The van der Waals surface area contributed by atoms with E-state index in [-0.39, 0.29) is 47.8 Å². The maximum absolute atomic E-state index is 15.2. The molecule has 0 aromatic heterocycles. The number of methoxy groups -OCH3 is 1. The summed E-state index contributed by atoms with van der Waals surface area (Å²) in [6, 6.07) is 31.3. The highest BCUT2D eigenvalue weighted by atomic mass is 79.9. The van der Waals surface area contributed by atoms with Gasteiger partial charge in [-0.05, 0) is 53.7 Å². The standard InChI is InChI=1S/C42H34BrNO6/c1-50-34-20-27(43)19-32(39(34)47)37-28-17-18-29-36(41(49)44(40(29)48)23-24-11-5-2-6-12-24)31(28)21-33-38(46)30(25-13-7-3-8-14-25)22-35(45)42(33,37)26-15-9-4-10-16-26/h2-17,19-20,22,29,31,33,36-37,47H,18,21,23H2,1H3/t29-,31+,33-,36-,37+,42-/m0/s1. The molecule has 0 spiro atoms. The number of aromatic hydroxyl groups is 1. The van der Waals surface area contributed by atoms with Crippen LogP contribution in [0.3, 0.4) is 0 Å². The fraction of sp³-hybridized carbons (Fsp3) is 0.238. The van der Waals surface area contributed by atoms with E-state index in [1.54, 1.807) is 12.1 Å². The van der Waals surface area contributed by atoms with Gasteiger partial charge in [0.2, 0.25) is 11.8 Å². The van der Waals surface area contributed by atoms with Gasteiger partial charge in [0.1, 0.15) is 0 Å². The van der Waals surface area contributed by atoms with Crippen LogP contribution in [-0.2, 0) is 31.1 Å². The first-order chi connectivity index (χ1) is 24.2. The van der Waals surface area contributed by atoms with Crippen LogP contribution < -0.4 is 4.74 Å². The number of rotatable bonds is 6. The minimum Gasteiger partial charge on any atom is -0.504 e. The van der Waals surface area contributed by atoms with Gasteiger partial charge in [0, 0.05) is 27.4 Å². The number of hydrogen-bond acceptors (Lipinski definition) is 6. The molecule has 50 heavy (non-hydrogen) atoms. The Kier molecular flexibility index (Phi) is 7.94. The molecule has 6 atom stereocenters. The molecule has 4 aromatic rings. The number of ether oxygens (including phenoxy) is 1. The van der Waals surface area contributed by atoms with Gasteiger partial charge in [0.15, 0.2) is 23.1 Å². The summed E-state index contributed by atoms with van der Waals surface area (Å²) in [7, 11) is 1.46. The van der Waals surface area contributed by atoms with Crippen molar-refractivity contribution in [3.63, 3.8) is 0 Å². The maximum atomic E-state index is 15.2. The van der Waals surface area contributed by atoms with Gasteiger partial charge in [-0.1, -0.05) is 119 Å². The molecule has 7 nitrogen and oxygen atoms in total. The molecule has 4 aromatic carbocycles. The van der Waals surface area contributed by atoms with Crippen LogP contribution in [0.5, 0.6) is 11.5 Å². The number of phenols is 1. The van der Waals surface area contributed by atoms with E-state index < -0.39 is 35.0 Å². The van der Waals surface area contributed by atoms with E-state index in [1.807, 2.05) is 97.1 Å². The predicted octanol–water partition coefficient (Wildman–Crippen LogP) is 7.19. The third-order valence-corrected chi connectivity index (χ3v) is 11.7. The summed E-state index contributed by atoms with van der Waals surface area (Å²) in [5, 5.41) is 11.9. The zero-order valence-electron chi connectivity index (χ0n) is 27.3. The number of allylic oxidation sites excluding steroid dienone is 4. The van der Waals surface area contributed by atoms with E-state index in [0.717, 1.165) is 11.1 Å². The van der Waals surface area contributed by atoms with Gasteiger partial charge in [0.05, 0.1) is 30.9 Å². The smallest absolute Gasteiger partial charge is 0.234 e. The van der Waals surface area contributed by atoms with Crippen molar-refractivity contribution in [1.29, 1.82) is 0 Å². The average Bonchev–Trinajstić information content (AvgIpc) is 3.38. The number of fused-ring (bicyclic) bond motifs is 4. The molecule has 1 aliphatic heterocycles. The minimum absolute atomic E-state index is 0.143. The number of hydrogen-bond donors (Lipinski definition) is 1. The molecule has 1 N–H and O–H groups in total. The summed E-state index contributed by atoms with van der Waals surface area (Å²) in [5.41, 5.74) is 2.20. The van der Waals surface area contributed by atoms with Crippen LogP contribution in [0.25, 0.3) is 5.57 Å². The fourth-order valence-electron chi connectivity index (χ4n) is 9.18. The highest BCUT2D eigenvalue weighted by molar-refractivity contribution is 9.10. The highest BCUT2D eigenvalue weighted by Crippen LogP contribution is 2.65. The third-order valence-electron chi connectivity index (χ3n) is 11.2. The third kappa shape index (κ3) is 4.76. The minimum atomic E-state index is -1.45. The number of carbonyl (C=O) groups excluding carboxylic acids is 4. The summed E-state index contributed by atoms with van der Waals surface area (Å²) in [6.07, 6.45) is 3.96. The molecular formula is C42H34BrNO6. The van der Waals surface area contributed by atoms with E-state index in [1.165, 1.54) is 18.1 Å². The second-order valence-electron chi connectivity index (χ2n) is 13.6. The predicted molar refractivity (Wildman–Crippen MR) is 191 cm³/mol. The summed E-state index contributed by atoms with van der Waals surface area (Å²) < 4.78 is 6.21. The molecule has 8 heteroatoms. The molecule has 2 fully saturated rings. The summed E-state index contributed by atoms with van der Waals surface area (Å²) in [6.45, 7) is 0.163. The molecular weight excluding hydrogens is 694 g/mol. The molecule has 8 rings (SSSR count). The van der Waals surface area contributed by atoms with Crippen molar-refractivity contribution in [1.82, 2.24) is 4.90 Å². The van der Waals surface area contributed by atoms with Crippen molar-refractivity contribution in [2.45, 2.75) is 30.7 Å². The van der Waals surface area contributed by atoms with Crippen LogP contribution in [0.15, 0.2) is 125 Å². The van der Waals surface area contributed by atoms with Crippen molar-refractivity contribution in [3.8, 4) is 11.5 Å². The quantitative estimate of drug-likeness (QED) is 0.167. The zero-order chi connectivity index (χ0) is 34.7. The van der Waals surface area contributed by atoms with E-state index in [9.17, 15) is 14.7 Å². The molecule has 4 aliphatic rings. The maximum Gasteiger partial charge on any atom is 0.234 e. The Morgan fingerprint density at radius 2 is 1.52 bits per heavy atom. The van der Waals surface area contributed by atoms with Crippen LogP contribution in [0, 0.1) is 23.7 Å². The van der Waals surface area contributed by atoms with Gasteiger partial charge in [-0.3, -0.25) is 24.1 Å². The van der Waals surface area contributed by atoms with Crippen LogP contribution in [0.1, 0.15) is 41.0 Å². The van der Waals surface area contributed by atoms with Crippen molar-refractivity contribution in [3.05, 3.63) is 148 Å². The van der Waals surface area contributed by atoms with Crippen LogP contribution >= 0.6 is 15.9 Å². The number of phenolic OH excluding ortho intramolecular Hbond substituents is 1. The molecule has 1 saturated carbocycles. The van der Waals surface area contributed by atoms with Crippen LogP contribution in [-0.4, -0.2) is 40.5 Å². The van der Waals surface area contributed by atoms with E-state index >= 15 is 9.59 Å². The largest absolute Gasteiger partial charge is 0.504 e. The van der Waals surface area contributed by atoms with Crippen molar-refractivity contribution in [2.24, 2.45) is 23.7 Å². The van der Waals surface area contributed by atoms with Crippen molar-refractivity contribution >= 4 is 44.9 Å². The first-order valence-corrected chi connectivity index (χ1v) is 17.6. The number of likely N-dealkylation sites (tertiary alicyclic amines) is 1. The van der Waals surface area contributed by atoms with Crippen LogP contribution in [0.2, 0.25) is 0 Å². The van der Waals surface area contributed by atoms with Gasteiger partial charge in [-0.15, -0.1) is 0 Å². The van der Waals surface area contributed by atoms with Crippen LogP contribution in [0.4, 0.5) is 0 Å². The van der Waals surface area contributed by atoms with Gasteiger partial charge >= 0.3 is 0 Å². The van der Waals surface area contributed by atoms with Gasteiger partial charge in [0.25, 0.3) is 0 Å². The normalized spacial score (nSPS) is 27.2. The van der Waals surface area contributed by atoms with Gasteiger partial charge in [-0.25, -0.2) is 0 Å². The molecule has 1 saturated heterocycles. The van der Waals surface area contributed by atoms with E-state index in [0.29, 0.717) is 33.2 Å². The lowest BCUT2D eigenvalue weighted by atomic mass is 9.44. The number of nitrogens with zero attached hydrogens (tertiary/aromatic N) is 1. The topological polar surface area (TPSA) is 101 Å². The van der Waals surface area contributed by atoms with E-state index in [2.05, 4.69) is 15.9 Å². The van der Waals surface area contributed by atoms with Gasteiger partial charge in [-0.2, -0.15) is 0 Å². The Morgan fingerprint density at radius 1 is 0.860 bits per heavy atom. The Balaban J connectivity index is 1.37. The lowest BCUT2D eigenvalue weighted by Crippen LogP contribution is -2.58. The first kappa shape index (κ1) is 32.1. The summed E-state index contributed by atoms with van der Waals surface area (Å²) >= 11 is 3.59. The molecule has 3 aliphatic carbocycles. The van der Waals surface area contributed by atoms with Gasteiger partial charge < -0.3 is 9.84 Å². The number of ketones is 2. The number of carbonyl (C=O) groups is 4. The second-order valence-corrected chi connectivity index (χ2v) is 14.5. The Bertz CT molecular complexity index is 2110. The first-order valence-electron chi connectivity index (χ1n) is 16.8. The molecule has 0 radical (unpaired) electrons. The zero-order valence-corrected chi connectivity index (χ0v) is 28.9. The molecule has 0 bridgehead atoms.